The molecule has 0 unspecified atom stereocenters. The van der Waals surface area contributed by atoms with Gasteiger partial charge in [0.2, 0.25) is 21.9 Å². The Morgan fingerprint density at radius 1 is 0.462 bits per heavy atom. The zero-order chi connectivity index (χ0) is 76.0. The number of amides is 2. The minimum atomic E-state index is -3.21. The molecule has 0 radical (unpaired) electrons. The first-order chi connectivity index (χ1) is 51.0. The number of anilines is 2. The molecule has 31 heteroatoms. The highest BCUT2D eigenvalue weighted by Crippen LogP contribution is 2.31. The lowest BCUT2D eigenvalue weighted by Crippen LogP contribution is -2.34. The molecular weight excluding hydrogens is 1510 g/mol. The van der Waals surface area contributed by atoms with Crippen molar-refractivity contribution in [3.63, 3.8) is 0 Å². The standard InChI is InChI=1S/C15H19N3OS.2C11H12N2O2S2.C10H10N2OS.C10H10N2S.C9H7FN2S.C9H8N2S/c1-4-18(5-2)15(19)17-13-8-6-12(7-9-13)14-16-11(3)10-20-14;1-8-7-16-11(12-8)9-3-5-10(6-4-9)13-17(2,14)15;1-8-7-16-11(13-8)9-3-5-10(6-4-9)17-15-14-12-2;1-7-6-14-10(12-7)8-3-4-9(13-2)11-5-8;1-7-3-4-9(5-11-7)10-12-8(2)6-13-10;1-6-5-13-9(12-6)7-2-3-8(10)11-4-7;1-7-6-12-9(11-7)8-3-2-4-10-5-8/h6-10H,4-5H2,1-3H3,(H,17,19);3-7,13H,1-2H3;3-7,12H,1-2H3;3-6H,1-2H3;3-6H,1-2H3;2-5H,1H3;2-6H,1H3. The number of aromatic nitrogens is 11. The van der Waals surface area contributed by atoms with Gasteiger partial charge in [0.05, 0.1) is 25.4 Å². The highest BCUT2D eigenvalue weighted by atomic mass is 32.2. The summed E-state index contributed by atoms with van der Waals surface area (Å²) in [6.07, 6.45) is 9.87. The Labute approximate surface area is 649 Å². The van der Waals surface area contributed by atoms with E-state index in [1.807, 2.05) is 205 Å². The van der Waals surface area contributed by atoms with Gasteiger partial charge in [0.1, 0.15) is 35.1 Å². The largest absolute Gasteiger partial charge is 0.481 e. The van der Waals surface area contributed by atoms with Crippen molar-refractivity contribution in [2.45, 2.75) is 74.1 Å². The molecule has 0 bridgehead atoms. The lowest BCUT2D eigenvalue weighted by atomic mass is 10.2. The van der Waals surface area contributed by atoms with E-state index in [-0.39, 0.29) is 6.03 Å². The monoisotopic (exact) mass is 1590 g/mol. The summed E-state index contributed by atoms with van der Waals surface area (Å²) in [5.74, 6) is 0.166. The first-order valence-electron chi connectivity index (χ1n) is 32.5. The highest BCUT2D eigenvalue weighted by molar-refractivity contribution is 7.94. The van der Waals surface area contributed by atoms with Crippen molar-refractivity contribution in [3.05, 3.63) is 241 Å². The molecular formula is C75H78FN15O6S9. The van der Waals surface area contributed by atoms with Gasteiger partial charge in [-0.2, -0.15) is 9.87 Å². The summed E-state index contributed by atoms with van der Waals surface area (Å²) in [6.45, 7) is 21.2. The normalized spacial score (nSPS) is 10.5. The summed E-state index contributed by atoms with van der Waals surface area (Å²) < 4.78 is 46.8. The molecule has 550 valence electrons. The van der Waals surface area contributed by atoms with Crippen LogP contribution in [0.3, 0.4) is 0 Å². The Bertz CT molecular complexity index is 4950. The minimum absolute atomic E-state index is 0.0622. The maximum absolute atomic E-state index is 12.5. The number of ether oxygens (including phenoxy) is 1. The molecule has 21 nitrogen and oxygen atoms in total. The number of carbonyl (C=O) groups excluding carboxylic acids is 1. The second kappa shape index (κ2) is 42.1. The van der Waals surface area contributed by atoms with Crippen LogP contribution >= 0.6 is 91.4 Å². The summed E-state index contributed by atoms with van der Waals surface area (Å²) in [5.41, 5.74) is 19.3. The lowest BCUT2D eigenvalue weighted by Gasteiger charge is -2.19. The number of rotatable bonds is 17. The molecule has 14 rings (SSSR count). The average molecular weight is 1590 g/mol. The number of pyridine rings is 4. The molecule has 0 atom stereocenters. The summed E-state index contributed by atoms with van der Waals surface area (Å²) in [5, 5.41) is 24.0. The number of sulfonamides is 1. The van der Waals surface area contributed by atoms with Crippen LogP contribution in [-0.2, 0) is 19.3 Å². The van der Waals surface area contributed by atoms with Crippen LogP contribution in [0.2, 0.25) is 0 Å². The Morgan fingerprint density at radius 2 is 0.830 bits per heavy atom. The van der Waals surface area contributed by atoms with E-state index in [2.05, 4.69) is 86.8 Å². The first-order valence-corrected chi connectivity index (χ1v) is 41.3. The topological polar surface area (TPSA) is 260 Å². The maximum atomic E-state index is 12.5. The predicted octanol–water partition coefficient (Wildman–Crippen LogP) is 20.2. The molecule has 0 spiro atoms. The number of nitrogens with one attached hydrogen (secondary N) is 3. The van der Waals surface area contributed by atoms with Gasteiger partial charge in [-0.15, -0.1) is 88.7 Å². The van der Waals surface area contributed by atoms with E-state index >= 15 is 0 Å². The van der Waals surface area contributed by atoms with E-state index in [1.54, 1.807) is 118 Å². The van der Waals surface area contributed by atoms with Crippen molar-refractivity contribution < 1.29 is 31.7 Å². The smallest absolute Gasteiger partial charge is 0.321 e. The van der Waals surface area contributed by atoms with Crippen molar-refractivity contribution >= 4 is 119 Å². The van der Waals surface area contributed by atoms with E-state index in [0.717, 1.165) is 148 Å². The van der Waals surface area contributed by atoms with Crippen molar-refractivity contribution in [2.75, 3.05) is 43.5 Å². The Morgan fingerprint density at radius 3 is 1.15 bits per heavy atom. The van der Waals surface area contributed by atoms with Gasteiger partial charge in [-0.3, -0.25) is 14.7 Å². The van der Waals surface area contributed by atoms with E-state index < -0.39 is 16.0 Å². The fraction of sp³-hybridized carbons (Fsp3) is 0.200. The van der Waals surface area contributed by atoms with Crippen LogP contribution in [0.15, 0.2) is 195 Å². The summed E-state index contributed by atoms with van der Waals surface area (Å²) in [6, 6.07) is 37.7. The van der Waals surface area contributed by atoms with Crippen LogP contribution in [0.1, 0.15) is 59.4 Å². The molecule has 0 saturated carbocycles. The number of halogens is 1. The third-order valence-corrected chi connectivity index (χ3v) is 22.1. The fourth-order valence-electron chi connectivity index (χ4n) is 8.67. The Balaban J connectivity index is 0.000000157. The number of hydroxylamine groups is 1. The number of carbonyl (C=O) groups is 1. The van der Waals surface area contributed by atoms with Gasteiger partial charge in [-0.25, -0.2) is 58.1 Å². The summed E-state index contributed by atoms with van der Waals surface area (Å²) >= 11 is 12.5. The Hall–Kier alpha value is -9.35. The SMILES string of the molecule is CCN(CC)C(=O)Nc1ccc(-c2nc(C)cs2)cc1.CNOOSc1ccc(-c2nc(C)cs2)cc1.COc1ccc(-c2nc(C)cs2)cn1.Cc1ccc(-c2nc(C)cs2)cn1.Cc1csc(-c2ccc(F)nc2)n1.Cc1csc(-c2ccc(NS(C)(=O)=O)cc2)n1.Cc1csc(-c2cccnc2)n1. The van der Waals surface area contributed by atoms with Crippen molar-refractivity contribution in [1.29, 1.82) is 0 Å². The lowest BCUT2D eigenvalue weighted by molar-refractivity contribution is -0.237. The van der Waals surface area contributed by atoms with Gasteiger partial charge >= 0.3 is 6.03 Å². The Kier molecular flexibility index (Phi) is 32.7. The van der Waals surface area contributed by atoms with E-state index in [0.29, 0.717) is 24.7 Å². The number of urea groups is 1. The molecule has 0 aliphatic heterocycles. The van der Waals surface area contributed by atoms with Crippen LogP contribution in [-0.4, -0.2) is 108 Å². The van der Waals surface area contributed by atoms with Crippen LogP contribution < -0.4 is 20.3 Å². The predicted molar refractivity (Wildman–Crippen MR) is 436 cm³/mol. The van der Waals surface area contributed by atoms with Crippen LogP contribution in [0.25, 0.3) is 74.0 Å². The molecule has 14 aromatic rings. The van der Waals surface area contributed by atoms with Crippen LogP contribution in [0, 0.1) is 61.3 Å². The van der Waals surface area contributed by atoms with E-state index in [9.17, 15) is 17.6 Å². The van der Waals surface area contributed by atoms with Crippen molar-refractivity contribution in [1.82, 2.24) is 65.2 Å². The number of benzene rings is 3. The van der Waals surface area contributed by atoms with Crippen LogP contribution in [0.4, 0.5) is 20.6 Å². The quantitative estimate of drug-likeness (QED) is 0.0252. The van der Waals surface area contributed by atoms with Gasteiger partial charge in [-0.05, 0) is 172 Å². The van der Waals surface area contributed by atoms with Crippen LogP contribution in [0.5, 0.6) is 5.88 Å². The number of nitrogens with zero attached hydrogens (tertiary/aromatic N) is 12. The zero-order valence-corrected chi connectivity index (χ0v) is 67.6. The number of aryl methyl sites for hydroxylation is 8. The number of hydrogen-bond acceptors (Lipinski definition) is 26. The molecule has 0 aliphatic rings. The molecule has 11 heterocycles. The van der Waals surface area contributed by atoms with Gasteiger partial charge in [-0.1, -0.05) is 12.1 Å². The number of thiazole rings is 7. The molecule has 0 saturated heterocycles. The van der Waals surface area contributed by atoms with E-state index in [4.69, 9.17) is 9.07 Å². The molecule has 3 N–H and O–H groups in total. The second-order valence-corrected chi connectivity index (χ2v) is 31.1. The third-order valence-electron chi connectivity index (χ3n) is 13.8. The molecule has 0 aliphatic carbocycles. The summed E-state index contributed by atoms with van der Waals surface area (Å²) in [4.78, 5) is 65.8. The van der Waals surface area contributed by atoms with Gasteiger partial charge < -0.3 is 15.0 Å². The summed E-state index contributed by atoms with van der Waals surface area (Å²) in [7, 11) is 0.0265. The second-order valence-electron chi connectivity index (χ2n) is 22.5. The molecule has 11 aromatic heterocycles. The van der Waals surface area contributed by atoms with Gasteiger partial charge in [0, 0.05) is 196 Å². The molecule has 0 fully saturated rings. The number of methoxy groups -OCH3 is 1. The molecule has 2 amide bonds. The third kappa shape index (κ3) is 27.5. The fourth-order valence-corrected chi connectivity index (χ4v) is 15.2. The first kappa shape index (κ1) is 82.3. The van der Waals surface area contributed by atoms with E-state index in [1.165, 1.54) is 23.6 Å². The van der Waals surface area contributed by atoms with Crippen molar-refractivity contribution in [2.24, 2.45) is 0 Å². The van der Waals surface area contributed by atoms with Crippen molar-refractivity contribution in [3.8, 4) is 79.9 Å². The zero-order valence-electron chi connectivity index (χ0n) is 60.3. The molecule has 106 heavy (non-hydrogen) atoms. The highest BCUT2D eigenvalue weighted by Gasteiger charge is 2.12. The average Bonchev–Trinajstić information content (AvgIpc) is 1.85. The minimum Gasteiger partial charge on any atom is -0.481 e. The molecule has 3 aromatic carbocycles. The number of hydrogen-bond donors (Lipinski definition) is 3. The van der Waals surface area contributed by atoms with Gasteiger partial charge in [0.15, 0.2) is 0 Å². The van der Waals surface area contributed by atoms with Gasteiger partial charge in [0.25, 0.3) is 0 Å². The maximum Gasteiger partial charge on any atom is 0.321 e.